The van der Waals surface area contributed by atoms with Gasteiger partial charge in [0.25, 0.3) is 0 Å². The quantitative estimate of drug-likeness (QED) is 0.108. The van der Waals surface area contributed by atoms with Gasteiger partial charge in [-0.1, -0.05) is 12.1 Å². The summed E-state index contributed by atoms with van der Waals surface area (Å²) in [7, 11) is 0. The number of phenols is 1. The molecule has 0 saturated heterocycles. The predicted molar refractivity (Wildman–Crippen MR) is 124 cm³/mol. The van der Waals surface area contributed by atoms with E-state index in [2.05, 4.69) is 16.0 Å². The lowest BCUT2D eigenvalue weighted by atomic mass is 10.0. The number of aliphatic hydroxyl groups is 1. The first-order valence-electron chi connectivity index (χ1n) is 11.1. The summed E-state index contributed by atoms with van der Waals surface area (Å²) in [4.78, 5) is 70.8. The molecule has 0 aliphatic carbocycles. The summed E-state index contributed by atoms with van der Waals surface area (Å²) in [6.45, 7) is -0.935. The van der Waals surface area contributed by atoms with Crippen LogP contribution >= 0.6 is 0 Å². The van der Waals surface area contributed by atoms with Crippen LogP contribution in [-0.2, 0) is 35.2 Å². The highest BCUT2D eigenvalue weighted by Crippen LogP contribution is 2.12. The molecule has 4 atom stereocenters. The highest BCUT2D eigenvalue weighted by Gasteiger charge is 2.30. The molecule has 15 nitrogen and oxygen atoms in total. The Morgan fingerprint density at radius 1 is 0.730 bits per heavy atom. The number of phenolic OH excluding ortho intramolecular Hbond substituents is 1. The second-order valence-corrected chi connectivity index (χ2v) is 8.05. The van der Waals surface area contributed by atoms with Gasteiger partial charge in [-0.25, -0.2) is 4.79 Å². The smallest absolute Gasteiger partial charge is 0.326 e. The minimum Gasteiger partial charge on any atom is -0.508 e. The molecule has 1 aromatic carbocycles. The maximum atomic E-state index is 12.8. The summed E-state index contributed by atoms with van der Waals surface area (Å²) < 4.78 is 0. The molecule has 15 heteroatoms. The van der Waals surface area contributed by atoms with Crippen molar-refractivity contribution in [2.24, 2.45) is 5.73 Å². The number of amides is 3. The minimum absolute atomic E-state index is 0.0514. The van der Waals surface area contributed by atoms with E-state index in [1.165, 1.54) is 24.3 Å². The van der Waals surface area contributed by atoms with E-state index >= 15 is 0 Å². The van der Waals surface area contributed by atoms with Crippen molar-refractivity contribution in [2.45, 2.75) is 56.3 Å². The number of carbonyl (C=O) groups is 6. The molecule has 0 aliphatic heterocycles. The number of nitrogens with one attached hydrogen (secondary N) is 3. The van der Waals surface area contributed by atoms with E-state index in [0.717, 1.165) is 0 Å². The number of rotatable bonds is 16. The van der Waals surface area contributed by atoms with Crippen molar-refractivity contribution in [1.82, 2.24) is 16.0 Å². The van der Waals surface area contributed by atoms with Crippen LogP contribution in [0.3, 0.4) is 0 Å². The third-order valence-electron chi connectivity index (χ3n) is 5.09. The number of carboxylic acid groups (broad SMARTS) is 3. The summed E-state index contributed by atoms with van der Waals surface area (Å²) in [5.74, 6) is -7.02. The van der Waals surface area contributed by atoms with Gasteiger partial charge in [0.05, 0.1) is 12.6 Å². The zero-order valence-electron chi connectivity index (χ0n) is 19.6. The number of benzene rings is 1. The Morgan fingerprint density at radius 2 is 1.22 bits per heavy atom. The first kappa shape index (κ1) is 30.8. The molecule has 0 bridgehead atoms. The molecule has 0 saturated carbocycles. The fourth-order valence-electron chi connectivity index (χ4n) is 3.03. The van der Waals surface area contributed by atoms with Gasteiger partial charge in [0, 0.05) is 19.3 Å². The van der Waals surface area contributed by atoms with Crippen molar-refractivity contribution in [2.75, 3.05) is 6.61 Å². The van der Waals surface area contributed by atoms with Crippen molar-refractivity contribution < 1.29 is 54.3 Å². The molecule has 0 radical (unpaired) electrons. The summed E-state index contributed by atoms with van der Waals surface area (Å²) in [5.41, 5.74) is 6.02. The molecule has 0 fully saturated rings. The molecular formula is C22H30N4O11. The van der Waals surface area contributed by atoms with Crippen molar-refractivity contribution in [3.8, 4) is 5.75 Å². The van der Waals surface area contributed by atoms with Gasteiger partial charge in [0.15, 0.2) is 0 Å². The number of nitrogens with two attached hydrogens (primary N) is 1. The minimum atomic E-state index is -1.62. The van der Waals surface area contributed by atoms with Gasteiger partial charge in [-0.05, 0) is 30.5 Å². The van der Waals surface area contributed by atoms with Gasteiger partial charge in [-0.2, -0.15) is 0 Å². The average Bonchev–Trinajstić information content (AvgIpc) is 2.83. The van der Waals surface area contributed by atoms with Gasteiger partial charge in [-0.15, -0.1) is 0 Å². The predicted octanol–water partition coefficient (Wildman–Crippen LogP) is -2.48. The van der Waals surface area contributed by atoms with Crippen LogP contribution in [0.15, 0.2) is 24.3 Å². The topological polar surface area (TPSA) is 266 Å². The number of hydrogen-bond acceptors (Lipinski definition) is 9. The first-order chi connectivity index (χ1) is 17.3. The largest absolute Gasteiger partial charge is 0.508 e. The highest BCUT2D eigenvalue weighted by molar-refractivity contribution is 5.94. The third-order valence-corrected chi connectivity index (χ3v) is 5.09. The second kappa shape index (κ2) is 15.0. The van der Waals surface area contributed by atoms with Crippen molar-refractivity contribution >= 4 is 35.6 Å². The molecule has 1 aromatic rings. The van der Waals surface area contributed by atoms with Crippen molar-refractivity contribution in [1.29, 1.82) is 0 Å². The molecule has 1 rings (SSSR count). The van der Waals surface area contributed by atoms with Crippen molar-refractivity contribution in [3.05, 3.63) is 29.8 Å². The summed E-state index contributed by atoms with van der Waals surface area (Å²) in [6, 6.07) is -0.408. The van der Waals surface area contributed by atoms with E-state index in [4.69, 9.17) is 15.9 Å². The van der Waals surface area contributed by atoms with Crippen LogP contribution in [0, 0.1) is 0 Å². The van der Waals surface area contributed by atoms with E-state index in [1.54, 1.807) is 0 Å². The molecule has 10 N–H and O–H groups in total. The molecular weight excluding hydrogens is 496 g/mol. The zero-order chi connectivity index (χ0) is 28.1. The maximum Gasteiger partial charge on any atom is 0.326 e. The van der Waals surface area contributed by atoms with Crippen LogP contribution in [-0.4, -0.2) is 91.9 Å². The van der Waals surface area contributed by atoms with Crippen LogP contribution in [0.1, 0.15) is 31.2 Å². The second-order valence-electron chi connectivity index (χ2n) is 8.05. The van der Waals surface area contributed by atoms with Crippen molar-refractivity contribution in [3.63, 3.8) is 0 Å². The number of aliphatic hydroxyl groups excluding tert-OH is 1. The molecule has 0 heterocycles. The van der Waals surface area contributed by atoms with Crippen LogP contribution in [0.5, 0.6) is 5.75 Å². The molecule has 37 heavy (non-hydrogen) atoms. The summed E-state index contributed by atoms with van der Waals surface area (Å²) in [6.07, 6.45) is -1.88. The summed E-state index contributed by atoms with van der Waals surface area (Å²) >= 11 is 0. The Labute approximate surface area is 210 Å². The van der Waals surface area contributed by atoms with E-state index in [-0.39, 0.29) is 18.6 Å². The van der Waals surface area contributed by atoms with Gasteiger partial charge >= 0.3 is 17.9 Å². The lowest BCUT2D eigenvalue weighted by Gasteiger charge is -2.24. The number of aliphatic carboxylic acids is 3. The number of hydrogen-bond donors (Lipinski definition) is 9. The lowest BCUT2D eigenvalue weighted by Crippen LogP contribution is -2.58. The Bertz CT molecular complexity index is 983. The van der Waals surface area contributed by atoms with Crippen LogP contribution in [0.2, 0.25) is 0 Å². The molecule has 0 aliphatic rings. The fourth-order valence-corrected chi connectivity index (χ4v) is 3.03. The normalized spacial score (nSPS) is 13.9. The van der Waals surface area contributed by atoms with Crippen LogP contribution in [0.25, 0.3) is 0 Å². The SMILES string of the molecule is NC(CCC(=O)O)C(=O)NC(CO)C(=O)NC(CCC(=O)O)C(=O)NC(Cc1ccc(O)cc1)C(=O)O. The number of carbonyl (C=O) groups excluding carboxylic acids is 3. The Morgan fingerprint density at radius 3 is 1.73 bits per heavy atom. The lowest BCUT2D eigenvalue weighted by molar-refractivity contribution is -0.143. The highest BCUT2D eigenvalue weighted by atomic mass is 16.4. The molecule has 3 amide bonds. The zero-order valence-corrected chi connectivity index (χ0v) is 19.6. The Balaban J connectivity index is 2.93. The molecule has 204 valence electrons. The van der Waals surface area contributed by atoms with Crippen LogP contribution in [0.4, 0.5) is 0 Å². The summed E-state index contributed by atoms with van der Waals surface area (Å²) in [5, 5.41) is 52.5. The average molecular weight is 526 g/mol. The third kappa shape index (κ3) is 11.4. The van der Waals surface area contributed by atoms with Gasteiger partial charge in [-0.3, -0.25) is 24.0 Å². The van der Waals surface area contributed by atoms with E-state index in [0.29, 0.717) is 5.56 Å². The standard InChI is InChI=1S/C22H30N4O11/c23-13(5-7-17(29)30)19(33)26-16(10-27)21(35)24-14(6-8-18(31)32)20(34)25-15(22(36)37)9-11-1-3-12(28)4-2-11/h1-4,13-16,27-28H,5-10,23H2,(H,24,35)(H,25,34)(H,26,33)(H,29,30)(H,31,32)(H,36,37). The fraction of sp³-hybridized carbons (Fsp3) is 0.455. The Kier molecular flexibility index (Phi) is 12.5. The Hall–Kier alpha value is -4.24. The molecule has 4 unspecified atom stereocenters. The van der Waals surface area contributed by atoms with Gasteiger partial charge < -0.3 is 47.2 Å². The molecule has 0 spiro atoms. The number of carboxylic acids is 3. The first-order valence-corrected chi connectivity index (χ1v) is 11.1. The van der Waals surface area contributed by atoms with Crippen LogP contribution < -0.4 is 21.7 Å². The van der Waals surface area contributed by atoms with E-state index in [1.807, 2.05) is 0 Å². The monoisotopic (exact) mass is 526 g/mol. The number of aromatic hydroxyl groups is 1. The van der Waals surface area contributed by atoms with Gasteiger partial charge in [0.2, 0.25) is 17.7 Å². The van der Waals surface area contributed by atoms with Gasteiger partial charge in [0.1, 0.15) is 23.9 Å². The van der Waals surface area contributed by atoms with E-state index < -0.39 is 85.7 Å². The molecule has 0 aromatic heterocycles. The van der Waals surface area contributed by atoms with E-state index in [9.17, 15) is 44.1 Å². The maximum absolute atomic E-state index is 12.8.